The van der Waals surface area contributed by atoms with Crippen molar-refractivity contribution in [2.24, 2.45) is 0 Å². The van der Waals surface area contributed by atoms with Crippen LogP contribution in [0, 0.1) is 6.92 Å². The van der Waals surface area contributed by atoms with E-state index in [1.54, 1.807) is 46.9 Å². The van der Waals surface area contributed by atoms with E-state index in [4.69, 9.17) is 42.0 Å². The summed E-state index contributed by atoms with van der Waals surface area (Å²) in [5, 5.41) is 2.13. The van der Waals surface area contributed by atoms with Gasteiger partial charge in [-0.2, -0.15) is 0 Å². The van der Waals surface area contributed by atoms with Crippen LogP contribution in [0.2, 0.25) is 5.15 Å². The zero-order valence-corrected chi connectivity index (χ0v) is 29.9. The minimum atomic E-state index is 0.404. The number of rotatable bonds is 4. The monoisotopic (exact) mass is 674 g/mol. The van der Waals surface area contributed by atoms with Crippen molar-refractivity contribution in [1.82, 2.24) is 19.9 Å². The van der Waals surface area contributed by atoms with Crippen LogP contribution in [0.15, 0.2) is 97.6 Å². The third kappa shape index (κ3) is 12.8. The average Bonchev–Trinajstić information content (AvgIpc) is 3.14. The molecule has 0 unspecified atom stereocenters. The van der Waals surface area contributed by atoms with Gasteiger partial charge in [0.25, 0.3) is 0 Å². The zero-order valence-electron chi connectivity index (χ0n) is 29.2. The van der Waals surface area contributed by atoms with Crippen LogP contribution in [0.5, 0.6) is 23.0 Å². The molecular weight excluding hydrogens is 628 g/mol. The van der Waals surface area contributed by atoms with E-state index in [1.807, 2.05) is 107 Å². The maximum absolute atomic E-state index is 5.93. The summed E-state index contributed by atoms with van der Waals surface area (Å²) in [6.07, 6.45) is 2.96. The minimum Gasteiger partial charge on any atom is -0.493 e. The summed E-state index contributed by atoms with van der Waals surface area (Å²) in [6, 6.07) is 26.2. The largest absolute Gasteiger partial charge is 0.493 e. The molecule has 6 rings (SSSR count). The van der Waals surface area contributed by atoms with E-state index in [1.165, 1.54) is 6.33 Å². The molecule has 2 aromatic heterocycles. The molecule has 0 radical (unpaired) electrons. The van der Waals surface area contributed by atoms with Crippen molar-refractivity contribution in [3.05, 3.63) is 108 Å². The van der Waals surface area contributed by atoms with Gasteiger partial charge in [-0.25, -0.2) is 19.9 Å². The number of aromatic nitrogens is 4. The highest BCUT2D eigenvalue weighted by atomic mass is 35.5. The number of fused-ring (bicyclic) bond motifs is 2. The van der Waals surface area contributed by atoms with Crippen molar-refractivity contribution in [2.75, 3.05) is 39.9 Å². The van der Waals surface area contributed by atoms with Crippen molar-refractivity contribution in [3.63, 3.8) is 0 Å². The lowest BCUT2D eigenvalue weighted by Crippen LogP contribution is -1.93. The molecule has 256 valence electrons. The van der Waals surface area contributed by atoms with E-state index in [0.717, 1.165) is 38.9 Å². The molecule has 10 nitrogen and oxygen atoms in total. The van der Waals surface area contributed by atoms with Gasteiger partial charge in [-0.1, -0.05) is 75.7 Å². The third-order valence-corrected chi connectivity index (χ3v) is 6.33. The maximum atomic E-state index is 5.93. The highest BCUT2D eigenvalue weighted by Crippen LogP contribution is 2.33. The average molecular weight is 675 g/mol. The first-order chi connectivity index (χ1) is 23.3. The number of para-hydroxylation sites is 2. The van der Waals surface area contributed by atoms with Gasteiger partial charge < -0.3 is 30.4 Å². The standard InChI is InChI=1S/C11H12N2O2.C10H9ClN2O2.2C6H7N.2C2H6/c1-7-8-4-10(14-2)11(15-3)5-9(8)13-6-12-7;1-14-8-3-6-7(4-9(8)15-2)12-5-13-10(6)11;2*7-6-4-2-1-3-5-6;2*1-2/h4-6H,1-3H3;3-5H,1-2H3;2*1-5H,7H2;2*1-2H3. The number of anilines is 2. The number of nitrogens with zero attached hydrogens (tertiary/aromatic N) is 4. The van der Waals surface area contributed by atoms with Crippen LogP contribution in [0.3, 0.4) is 0 Å². The Kier molecular flexibility index (Phi) is 19.5. The fourth-order valence-corrected chi connectivity index (χ4v) is 3.96. The van der Waals surface area contributed by atoms with Crippen molar-refractivity contribution >= 4 is 44.8 Å². The molecule has 2 heterocycles. The first-order valence-corrected chi connectivity index (χ1v) is 15.7. The van der Waals surface area contributed by atoms with Crippen LogP contribution in [-0.4, -0.2) is 48.4 Å². The Balaban J connectivity index is 0.000000325. The number of hydrogen-bond donors (Lipinski definition) is 2. The highest BCUT2D eigenvalue weighted by Gasteiger charge is 2.09. The first kappa shape index (κ1) is 40.7. The number of nitrogens with two attached hydrogens (primary N) is 2. The fraction of sp³-hybridized carbons (Fsp3) is 0.243. The van der Waals surface area contributed by atoms with Crippen molar-refractivity contribution in [2.45, 2.75) is 34.6 Å². The van der Waals surface area contributed by atoms with Crippen molar-refractivity contribution in [1.29, 1.82) is 0 Å². The second-order valence-corrected chi connectivity index (χ2v) is 9.25. The Morgan fingerprint density at radius 3 is 1.23 bits per heavy atom. The first-order valence-electron chi connectivity index (χ1n) is 15.3. The summed E-state index contributed by atoms with van der Waals surface area (Å²) in [7, 11) is 6.37. The molecule has 4 aromatic carbocycles. The predicted molar refractivity (Wildman–Crippen MR) is 199 cm³/mol. The lowest BCUT2D eigenvalue weighted by atomic mass is 10.2. The number of nitrogen functional groups attached to an aromatic ring is 2. The van der Waals surface area contributed by atoms with Crippen LogP contribution < -0.4 is 30.4 Å². The number of ether oxygens (including phenoxy) is 4. The van der Waals surface area contributed by atoms with Gasteiger partial charge >= 0.3 is 0 Å². The van der Waals surface area contributed by atoms with Gasteiger partial charge in [0, 0.05) is 40.0 Å². The molecule has 0 atom stereocenters. The van der Waals surface area contributed by atoms with Gasteiger partial charge in [0.1, 0.15) is 17.8 Å². The Hall–Kier alpha value is -5.35. The molecule has 0 bridgehead atoms. The summed E-state index contributed by atoms with van der Waals surface area (Å²) in [6.45, 7) is 9.94. The fourth-order valence-electron chi connectivity index (χ4n) is 3.77. The van der Waals surface area contributed by atoms with Gasteiger partial charge in [0.15, 0.2) is 23.0 Å². The molecule has 48 heavy (non-hydrogen) atoms. The van der Waals surface area contributed by atoms with Crippen molar-refractivity contribution in [3.8, 4) is 23.0 Å². The lowest BCUT2D eigenvalue weighted by molar-refractivity contribution is 0.355. The van der Waals surface area contributed by atoms with E-state index < -0.39 is 0 Å². The lowest BCUT2D eigenvalue weighted by Gasteiger charge is -2.09. The van der Waals surface area contributed by atoms with Gasteiger partial charge in [-0.05, 0) is 43.3 Å². The van der Waals surface area contributed by atoms with E-state index in [-0.39, 0.29) is 0 Å². The van der Waals surface area contributed by atoms with Gasteiger partial charge in [-0.3, -0.25) is 0 Å². The molecule has 0 aliphatic heterocycles. The number of aryl methyl sites for hydroxylation is 1. The molecule has 0 amide bonds. The molecule has 0 fully saturated rings. The molecule has 6 aromatic rings. The Morgan fingerprint density at radius 1 is 0.500 bits per heavy atom. The normalized spacial score (nSPS) is 9.21. The van der Waals surface area contributed by atoms with E-state index >= 15 is 0 Å². The van der Waals surface area contributed by atoms with Crippen LogP contribution in [0.1, 0.15) is 33.4 Å². The molecule has 0 aliphatic carbocycles. The number of methoxy groups -OCH3 is 4. The van der Waals surface area contributed by atoms with E-state index in [2.05, 4.69) is 19.9 Å². The summed E-state index contributed by atoms with van der Waals surface area (Å²) in [4.78, 5) is 16.3. The zero-order chi connectivity index (χ0) is 35.9. The second kappa shape index (κ2) is 23.0. The molecule has 0 spiro atoms. The Morgan fingerprint density at radius 2 is 0.854 bits per heavy atom. The van der Waals surface area contributed by atoms with Crippen LogP contribution in [-0.2, 0) is 0 Å². The molecule has 0 saturated heterocycles. The van der Waals surface area contributed by atoms with E-state index in [9.17, 15) is 0 Å². The smallest absolute Gasteiger partial charge is 0.162 e. The summed E-state index contributed by atoms with van der Waals surface area (Å²) < 4.78 is 20.7. The van der Waals surface area contributed by atoms with E-state index in [0.29, 0.717) is 28.2 Å². The van der Waals surface area contributed by atoms with Gasteiger partial charge in [0.2, 0.25) is 0 Å². The quantitative estimate of drug-likeness (QED) is 0.138. The topological polar surface area (TPSA) is 141 Å². The van der Waals surface area contributed by atoms with Crippen molar-refractivity contribution < 1.29 is 18.9 Å². The van der Waals surface area contributed by atoms with Gasteiger partial charge in [-0.15, -0.1) is 0 Å². The number of hydrogen-bond acceptors (Lipinski definition) is 10. The molecule has 11 heteroatoms. The molecule has 0 aliphatic rings. The van der Waals surface area contributed by atoms with Crippen LogP contribution in [0.25, 0.3) is 21.8 Å². The molecular formula is C37H47ClN6O4. The number of halogens is 1. The second-order valence-electron chi connectivity index (χ2n) is 8.89. The number of benzene rings is 4. The Bertz CT molecular complexity index is 1630. The summed E-state index contributed by atoms with van der Waals surface area (Å²) in [5.74, 6) is 2.62. The third-order valence-electron chi connectivity index (χ3n) is 6.03. The molecule has 4 N–H and O–H groups in total. The van der Waals surface area contributed by atoms with Gasteiger partial charge in [0.05, 0.1) is 39.5 Å². The van der Waals surface area contributed by atoms with Crippen LogP contribution >= 0.6 is 11.6 Å². The SMILES string of the molecule is CC.CC.COc1cc2ncnc(C)c2cc1OC.COc1cc2ncnc(Cl)c2cc1OC.Nc1ccccc1.Nc1ccccc1. The summed E-state index contributed by atoms with van der Waals surface area (Å²) >= 11 is 5.93. The minimum absolute atomic E-state index is 0.404. The predicted octanol–water partition coefficient (Wildman–Crippen LogP) is 8.85. The summed E-state index contributed by atoms with van der Waals surface area (Å²) in [5.41, 5.74) is 14.9. The maximum Gasteiger partial charge on any atom is 0.162 e. The van der Waals surface area contributed by atoms with Crippen LogP contribution in [0.4, 0.5) is 11.4 Å². The Labute approximate surface area is 289 Å². The highest BCUT2D eigenvalue weighted by molar-refractivity contribution is 6.34. The molecule has 0 saturated carbocycles.